The van der Waals surface area contributed by atoms with E-state index in [1.807, 2.05) is 36.4 Å². The Morgan fingerprint density at radius 1 is 1.14 bits per heavy atom. The van der Waals surface area contributed by atoms with Gasteiger partial charge >= 0.3 is 12.2 Å². The van der Waals surface area contributed by atoms with Gasteiger partial charge < -0.3 is 14.2 Å². The van der Waals surface area contributed by atoms with Crippen molar-refractivity contribution >= 4 is 29.6 Å². The van der Waals surface area contributed by atoms with Crippen molar-refractivity contribution in [2.75, 3.05) is 26.4 Å². The van der Waals surface area contributed by atoms with Crippen LogP contribution in [0.3, 0.4) is 0 Å². The number of hydrogen-bond acceptors (Lipinski definition) is 6. The van der Waals surface area contributed by atoms with E-state index in [1.54, 1.807) is 24.8 Å². The lowest BCUT2D eigenvalue weighted by Crippen LogP contribution is -2.61. The zero-order valence-corrected chi connectivity index (χ0v) is 16.6. The molecule has 1 saturated heterocycles. The van der Waals surface area contributed by atoms with Crippen LogP contribution >= 0.6 is 12.2 Å². The molecule has 0 radical (unpaired) electrons. The summed E-state index contributed by atoms with van der Waals surface area (Å²) < 4.78 is 15.9. The van der Waals surface area contributed by atoms with Gasteiger partial charge in [-0.25, -0.2) is 14.6 Å². The van der Waals surface area contributed by atoms with E-state index < -0.39 is 18.4 Å². The summed E-state index contributed by atoms with van der Waals surface area (Å²) >= 11 is 5.41. The van der Waals surface area contributed by atoms with Gasteiger partial charge in [0.1, 0.15) is 6.61 Å². The average molecular weight is 405 g/mol. The molecule has 2 aliphatic rings. The Morgan fingerprint density at radius 3 is 2.50 bits per heavy atom. The van der Waals surface area contributed by atoms with E-state index in [-0.39, 0.29) is 31.0 Å². The summed E-state index contributed by atoms with van der Waals surface area (Å²) in [5.41, 5.74) is 0.993. The molecule has 0 spiro atoms. The highest BCUT2D eigenvalue weighted by Gasteiger charge is 2.45. The van der Waals surface area contributed by atoms with Crippen molar-refractivity contribution in [3.63, 3.8) is 0 Å². The van der Waals surface area contributed by atoms with Crippen molar-refractivity contribution < 1.29 is 23.8 Å². The molecule has 1 aromatic carbocycles. The molecule has 1 fully saturated rings. The van der Waals surface area contributed by atoms with E-state index in [0.717, 1.165) is 5.56 Å². The van der Waals surface area contributed by atoms with Gasteiger partial charge in [-0.05, 0) is 37.7 Å². The van der Waals surface area contributed by atoms with Crippen LogP contribution in [0, 0.1) is 0 Å². The molecule has 28 heavy (non-hydrogen) atoms. The van der Waals surface area contributed by atoms with E-state index in [4.69, 9.17) is 26.4 Å². The minimum absolute atomic E-state index is 0.172. The Bertz CT molecular complexity index is 757. The molecular weight excluding hydrogens is 382 g/mol. The molecule has 9 heteroatoms. The SMILES string of the molecule is CCOC(=O)N1CC=C[C@@H](N2C(=S)OC[C@H]2c2ccccc2)N1C(=O)OCC. The Hall–Kier alpha value is -2.81. The van der Waals surface area contributed by atoms with E-state index in [1.165, 1.54) is 10.0 Å². The Labute approximate surface area is 169 Å². The van der Waals surface area contributed by atoms with Crippen molar-refractivity contribution in [1.29, 1.82) is 0 Å². The molecule has 8 nitrogen and oxygen atoms in total. The van der Waals surface area contributed by atoms with Crippen LogP contribution in [-0.4, -0.2) is 64.8 Å². The summed E-state index contributed by atoms with van der Waals surface area (Å²) in [6.07, 6.45) is 1.63. The second-order valence-corrected chi connectivity index (χ2v) is 6.43. The largest absolute Gasteiger partial charge is 0.468 e. The zero-order chi connectivity index (χ0) is 20.1. The lowest BCUT2D eigenvalue weighted by Gasteiger charge is -2.43. The third kappa shape index (κ3) is 3.89. The summed E-state index contributed by atoms with van der Waals surface area (Å²) in [7, 11) is 0. The average Bonchev–Trinajstić information content (AvgIpc) is 3.09. The van der Waals surface area contributed by atoms with Gasteiger partial charge in [0.05, 0.1) is 25.8 Å². The summed E-state index contributed by atoms with van der Waals surface area (Å²) in [6.45, 7) is 4.31. The van der Waals surface area contributed by atoms with E-state index in [2.05, 4.69) is 0 Å². The Morgan fingerprint density at radius 2 is 1.82 bits per heavy atom. The minimum Gasteiger partial charge on any atom is -0.468 e. The van der Waals surface area contributed by atoms with Crippen LogP contribution in [0.2, 0.25) is 0 Å². The van der Waals surface area contributed by atoms with Crippen molar-refractivity contribution in [1.82, 2.24) is 14.9 Å². The first-order valence-corrected chi connectivity index (χ1v) is 9.56. The summed E-state index contributed by atoms with van der Waals surface area (Å²) in [5, 5.41) is 2.71. The topological polar surface area (TPSA) is 71.6 Å². The van der Waals surface area contributed by atoms with Gasteiger partial charge in [0.25, 0.3) is 5.17 Å². The molecule has 0 bridgehead atoms. The zero-order valence-electron chi connectivity index (χ0n) is 15.8. The van der Waals surface area contributed by atoms with Gasteiger partial charge in [0, 0.05) is 0 Å². The molecule has 150 valence electrons. The Kier molecular flexibility index (Phi) is 6.35. The molecule has 2 atom stereocenters. The third-order valence-corrected chi connectivity index (χ3v) is 4.74. The molecule has 0 saturated carbocycles. The molecule has 0 N–H and O–H groups in total. The van der Waals surface area contributed by atoms with Crippen LogP contribution < -0.4 is 0 Å². The maximum atomic E-state index is 12.7. The number of carbonyl (C=O) groups is 2. The fraction of sp³-hybridized carbons (Fsp3) is 0.421. The predicted octanol–water partition coefficient (Wildman–Crippen LogP) is 3.07. The Balaban J connectivity index is 1.97. The number of hydrazine groups is 1. The molecule has 1 aromatic rings. The van der Waals surface area contributed by atoms with Crippen LogP contribution in [0.25, 0.3) is 0 Å². The molecule has 3 rings (SSSR count). The summed E-state index contributed by atoms with van der Waals surface area (Å²) in [6, 6.07) is 9.52. The van der Waals surface area contributed by atoms with Crippen LogP contribution in [-0.2, 0) is 14.2 Å². The first kappa shape index (κ1) is 19.9. The minimum atomic E-state index is -0.683. The second-order valence-electron chi connectivity index (χ2n) is 6.08. The quantitative estimate of drug-likeness (QED) is 0.563. The molecular formula is C19H23N3O5S. The van der Waals surface area contributed by atoms with Crippen molar-refractivity contribution in [3.8, 4) is 0 Å². The highest BCUT2D eigenvalue weighted by Crippen LogP contribution is 2.33. The number of rotatable bonds is 4. The third-order valence-electron chi connectivity index (χ3n) is 4.41. The van der Waals surface area contributed by atoms with Crippen molar-refractivity contribution in [3.05, 3.63) is 48.0 Å². The highest BCUT2D eigenvalue weighted by molar-refractivity contribution is 7.80. The van der Waals surface area contributed by atoms with Gasteiger partial charge in [-0.1, -0.05) is 36.4 Å². The van der Waals surface area contributed by atoms with Gasteiger partial charge in [0.15, 0.2) is 6.17 Å². The smallest absolute Gasteiger partial charge is 0.431 e. The van der Waals surface area contributed by atoms with Crippen LogP contribution in [0.15, 0.2) is 42.5 Å². The van der Waals surface area contributed by atoms with E-state index in [9.17, 15) is 9.59 Å². The van der Waals surface area contributed by atoms with E-state index in [0.29, 0.717) is 6.61 Å². The maximum Gasteiger partial charge on any atom is 0.431 e. The summed E-state index contributed by atoms with van der Waals surface area (Å²) in [5.74, 6) is 0. The molecule has 2 aliphatic heterocycles. The molecule has 2 amide bonds. The lowest BCUT2D eigenvalue weighted by atomic mass is 10.1. The second kappa shape index (κ2) is 8.92. The number of hydrogen-bond donors (Lipinski definition) is 0. The highest BCUT2D eigenvalue weighted by atomic mass is 32.1. The van der Waals surface area contributed by atoms with Gasteiger partial charge in [-0.3, -0.25) is 4.90 Å². The number of ether oxygens (including phenoxy) is 3. The van der Waals surface area contributed by atoms with Crippen molar-refractivity contribution in [2.45, 2.75) is 26.1 Å². The fourth-order valence-corrected chi connectivity index (χ4v) is 3.52. The monoisotopic (exact) mass is 405 g/mol. The molecule has 0 unspecified atom stereocenters. The number of nitrogens with zero attached hydrogens (tertiary/aromatic N) is 3. The lowest BCUT2D eigenvalue weighted by molar-refractivity contribution is -0.0617. The predicted molar refractivity (Wildman–Crippen MR) is 105 cm³/mol. The van der Waals surface area contributed by atoms with Gasteiger partial charge in [-0.15, -0.1) is 0 Å². The standard InChI is InChI=1S/C19H23N3O5S/c1-3-25-17(23)20-12-8-11-16(22(20)18(24)26-4-2)21-15(13-27-19(21)28)14-9-6-5-7-10-14/h5-11,15-16H,3-4,12-13H2,1-2H3/t15-,16-/m0/s1. The maximum absolute atomic E-state index is 12.7. The normalized spacial score (nSPS) is 21.5. The number of thiocarbonyl (C=S) groups is 1. The molecule has 0 aromatic heterocycles. The van der Waals surface area contributed by atoms with Gasteiger partial charge in [0.2, 0.25) is 0 Å². The van der Waals surface area contributed by atoms with Gasteiger partial charge in [-0.2, -0.15) is 5.01 Å². The number of amides is 2. The molecule has 2 heterocycles. The fourth-order valence-electron chi connectivity index (χ4n) is 3.22. The molecule has 0 aliphatic carbocycles. The van der Waals surface area contributed by atoms with Crippen molar-refractivity contribution in [2.24, 2.45) is 0 Å². The number of carbonyl (C=O) groups excluding carboxylic acids is 2. The van der Waals surface area contributed by atoms with Crippen LogP contribution in [0.4, 0.5) is 9.59 Å². The van der Waals surface area contributed by atoms with Crippen LogP contribution in [0.5, 0.6) is 0 Å². The van der Waals surface area contributed by atoms with E-state index >= 15 is 0 Å². The summed E-state index contributed by atoms with van der Waals surface area (Å²) in [4.78, 5) is 27.0. The van der Waals surface area contributed by atoms with Crippen LogP contribution in [0.1, 0.15) is 25.5 Å². The first-order chi connectivity index (χ1) is 13.6. The first-order valence-electron chi connectivity index (χ1n) is 9.15. The number of benzene rings is 1.